The lowest BCUT2D eigenvalue weighted by atomic mass is 9.87. The van der Waals surface area contributed by atoms with Crippen molar-refractivity contribution in [3.63, 3.8) is 0 Å². The van der Waals surface area contributed by atoms with Crippen molar-refractivity contribution < 1.29 is 19.1 Å². The van der Waals surface area contributed by atoms with E-state index in [1.165, 1.54) is 0 Å². The van der Waals surface area contributed by atoms with Crippen LogP contribution in [0.25, 0.3) is 0 Å². The first-order chi connectivity index (χ1) is 13.7. The molecule has 1 unspecified atom stereocenters. The van der Waals surface area contributed by atoms with E-state index in [-0.39, 0.29) is 11.9 Å². The molecular weight excluding hydrogens is 352 g/mol. The fourth-order valence-corrected chi connectivity index (χ4v) is 3.08. The molecule has 0 saturated heterocycles. The molecule has 28 heavy (non-hydrogen) atoms. The number of carbonyl (C=O) groups is 2. The Morgan fingerprint density at radius 3 is 2.11 bits per heavy atom. The molecule has 0 radical (unpaired) electrons. The zero-order chi connectivity index (χ0) is 20.5. The third kappa shape index (κ3) is 10.5. The molecule has 1 aliphatic carbocycles. The number of rotatable bonds is 14. The number of esters is 2. The van der Waals surface area contributed by atoms with Gasteiger partial charge in [0.15, 0.2) is 0 Å². The Bertz CT molecular complexity index is 531. The van der Waals surface area contributed by atoms with Gasteiger partial charge in [-0.05, 0) is 57.8 Å². The fourth-order valence-electron chi connectivity index (χ4n) is 3.08. The number of unbranched alkanes of at least 4 members (excludes halogenated alkanes) is 4. The van der Waals surface area contributed by atoms with Crippen LogP contribution in [0.2, 0.25) is 0 Å². The SMILES string of the molecule is CCC/C=C/CCCOC(=O)C1=CCCCC1C(=O)OCCC/C=C/CCC. The van der Waals surface area contributed by atoms with E-state index in [9.17, 15) is 9.59 Å². The van der Waals surface area contributed by atoms with Gasteiger partial charge in [0.2, 0.25) is 0 Å². The van der Waals surface area contributed by atoms with Crippen LogP contribution in [0.4, 0.5) is 0 Å². The Morgan fingerprint density at radius 1 is 0.929 bits per heavy atom. The van der Waals surface area contributed by atoms with Crippen molar-refractivity contribution in [1.29, 1.82) is 0 Å². The van der Waals surface area contributed by atoms with Crippen LogP contribution in [0.5, 0.6) is 0 Å². The molecule has 0 N–H and O–H groups in total. The Morgan fingerprint density at radius 2 is 1.50 bits per heavy atom. The highest BCUT2D eigenvalue weighted by molar-refractivity contribution is 5.95. The van der Waals surface area contributed by atoms with Gasteiger partial charge in [-0.1, -0.05) is 57.1 Å². The Labute approximate surface area is 171 Å². The number of hydrogen-bond donors (Lipinski definition) is 0. The summed E-state index contributed by atoms with van der Waals surface area (Å²) in [5.41, 5.74) is 0.487. The summed E-state index contributed by atoms with van der Waals surface area (Å²) >= 11 is 0. The average molecular weight is 391 g/mol. The van der Waals surface area contributed by atoms with E-state index in [4.69, 9.17) is 9.47 Å². The van der Waals surface area contributed by atoms with Gasteiger partial charge in [0.1, 0.15) is 0 Å². The van der Waals surface area contributed by atoms with Crippen LogP contribution in [0.1, 0.15) is 84.5 Å². The van der Waals surface area contributed by atoms with Crippen LogP contribution in [0.3, 0.4) is 0 Å². The maximum Gasteiger partial charge on any atom is 0.334 e. The summed E-state index contributed by atoms with van der Waals surface area (Å²) in [7, 11) is 0. The first-order valence-electron chi connectivity index (χ1n) is 11.0. The van der Waals surface area contributed by atoms with Crippen molar-refractivity contribution in [2.24, 2.45) is 5.92 Å². The van der Waals surface area contributed by atoms with Crippen molar-refractivity contribution in [2.45, 2.75) is 84.5 Å². The lowest BCUT2D eigenvalue weighted by Crippen LogP contribution is -2.27. The van der Waals surface area contributed by atoms with Crippen LogP contribution in [-0.4, -0.2) is 25.2 Å². The molecule has 0 aliphatic heterocycles. The summed E-state index contributed by atoms with van der Waals surface area (Å²) in [5, 5.41) is 0. The van der Waals surface area contributed by atoms with Crippen molar-refractivity contribution >= 4 is 11.9 Å². The van der Waals surface area contributed by atoms with Crippen LogP contribution in [0.15, 0.2) is 36.0 Å². The highest BCUT2D eigenvalue weighted by atomic mass is 16.5. The molecule has 0 aromatic rings. The van der Waals surface area contributed by atoms with Crippen LogP contribution < -0.4 is 0 Å². The van der Waals surface area contributed by atoms with Gasteiger partial charge >= 0.3 is 11.9 Å². The molecule has 0 saturated carbocycles. The minimum Gasteiger partial charge on any atom is -0.465 e. The van der Waals surface area contributed by atoms with E-state index in [0.29, 0.717) is 25.2 Å². The molecule has 0 heterocycles. The maximum absolute atomic E-state index is 12.4. The zero-order valence-electron chi connectivity index (χ0n) is 17.8. The molecule has 158 valence electrons. The van der Waals surface area contributed by atoms with Gasteiger partial charge in [0.25, 0.3) is 0 Å². The summed E-state index contributed by atoms with van der Waals surface area (Å²) in [6.45, 7) is 5.09. The highest BCUT2D eigenvalue weighted by Gasteiger charge is 2.31. The lowest BCUT2D eigenvalue weighted by Gasteiger charge is -2.21. The molecule has 0 aromatic heterocycles. The van der Waals surface area contributed by atoms with Crippen LogP contribution in [-0.2, 0) is 19.1 Å². The third-order valence-electron chi connectivity index (χ3n) is 4.71. The number of allylic oxidation sites excluding steroid dienone is 5. The Hall–Kier alpha value is -1.84. The second-order valence-corrected chi connectivity index (χ2v) is 7.25. The van der Waals surface area contributed by atoms with Gasteiger partial charge < -0.3 is 9.47 Å². The van der Waals surface area contributed by atoms with E-state index in [0.717, 1.165) is 64.2 Å². The van der Waals surface area contributed by atoms with Gasteiger partial charge in [-0.15, -0.1) is 0 Å². The normalized spacial score (nSPS) is 17.1. The molecule has 0 aromatic carbocycles. The molecule has 1 rings (SSSR count). The summed E-state index contributed by atoms with van der Waals surface area (Å²) < 4.78 is 10.8. The van der Waals surface area contributed by atoms with Gasteiger partial charge in [0.05, 0.1) is 19.1 Å². The highest BCUT2D eigenvalue weighted by Crippen LogP contribution is 2.27. The van der Waals surface area contributed by atoms with Crippen molar-refractivity contribution in [3.05, 3.63) is 36.0 Å². The maximum atomic E-state index is 12.4. The van der Waals surface area contributed by atoms with Crippen LogP contribution >= 0.6 is 0 Å². The fraction of sp³-hybridized carbons (Fsp3) is 0.667. The third-order valence-corrected chi connectivity index (χ3v) is 4.71. The quantitative estimate of drug-likeness (QED) is 0.205. The standard InChI is InChI=1S/C24H38O4/c1-3-5-7-9-11-15-19-27-23(25)21-17-13-14-18-22(21)24(26)28-20-16-12-10-8-6-4-2/h7-10,17,22H,3-6,11-16,18-20H2,1-2H3/b9-7+,10-8+. The van der Waals surface area contributed by atoms with Crippen molar-refractivity contribution in [2.75, 3.05) is 13.2 Å². The molecule has 4 heteroatoms. The molecule has 1 aliphatic rings. The van der Waals surface area contributed by atoms with Crippen molar-refractivity contribution in [3.8, 4) is 0 Å². The molecule has 0 fully saturated rings. The Balaban J connectivity index is 2.34. The first kappa shape index (κ1) is 24.2. The summed E-state index contributed by atoms with van der Waals surface area (Å²) in [5.74, 6) is -1.12. The monoisotopic (exact) mass is 390 g/mol. The first-order valence-corrected chi connectivity index (χ1v) is 11.0. The van der Waals surface area contributed by atoms with E-state index >= 15 is 0 Å². The van der Waals surface area contributed by atoms with Gasteiger partial charge in [0, 0.05) is 5.57 Å². The molecular formula is C24H38O4. The number of hydrogen-bond acceptors (Lipinski definition) is 4. The molecule has 4 nitrogen and oxygen atoms in total. The summed E-state index contributed by atoms with van der Waals surface area (Å²) in [6.07, 6.45) is 20.7. The predicted octanol–water partition coefficient (Wildman–Crippen LogP) is 6.07. The zero-order valence-corrected chi connectivity index (χ0v) is 17.8. The van der Waals surface area contributed by atoms with E-state index < -0.39 is 5.92 Å². The molecule has 0 bridgehead atoms. The van der Waals surface area contributed by atoms with Crippen LogP contribution in [0, 0.1) is 5.92 Å². The van der Waals surface area contributed by atoms with E-state index in [1.54, 1.807) is 0 Å². The number of ether oxygens (including phenoxy) is 2. The van der Waals surface area contributed by atoms with Gasteiger partial charge in [-0.25, -0.2) is 4.79 Å². The molecule has 0 spiro atoms. The molecule has 1 atom stereocenters. The van der Waals surface area contributed by atoms with E-state index in [1.807, 2.05) is 6.08 Å². The van der Waals surface area contributed by atoms with E-state index in [2.05, 4.69) is 38.2 Å². The minimum absolute atomic E-state index is 0.289. The minimum atomic E-state index is -0.471. The molecule has 0 amide bonds. The second-order valence-electron chi connectivity index (χ2n) is 7.25. The predicted molar refractivity (Wildman–Crippen MR) is 114 cm³/mol. The average Bonchev–Trinajstić information content (AvgIpc) is 2.72. The van der Waals surface area contributed by atoms with Gasteiger partial charge in [-0.2, -0.15) is 0 Å². The van der Waals surface area contributed by atoms with Gasteiger partial charge in [-0.3, -0.25) is 4.79 Å². The summed E-state index contributed by atoms with van der Waals surface area (Å²) in [6, 6.07) is 0. The summed E-state index contributed by atoms with van der Waals surface area (Å²) in [4.78, 5) is 24.8. The number of carbonyl (C=O) groups excluding carboxylic acids is 2. The smallest absolute Gasteiger partial charge is 0.334 e. The van der Waals surface area contributed by atoms with Crippen molar-refractivity contribution in [1.82, 2.24) is 0 Å². The second kappa shape index (κ2) is 16.1. The Kier molecular flexibility index (Phi) is 14.0. The largest absolute Gasteiger partial charge is 0.465 e. The topological polar surface area (TPSA) is 52.6 Å². The lowest BCUT2D eigenvalue weighted by molar-refractivity contribution is -0.151.